The molecule has 1 amide bonds. The van der Waals surface area contributed by atoms with Gasteiger partial charge in [0.25, 0.3) is 0 Å². The minimum Gasteiger partial charge on any atom is -0.352 e. The Labute approximate surface area is 157 Å². The first kappa shape index (κ1) is 17.0. The first-order valence-corrected chi connectivity index (χ1v) is 9.80. The van der Waals surface area contributed by atoms with Crippen molar-refractivity contribution >= 4 is 33.3 Å². The van der Waals surface area contributed by atoms with E-state index in [1.807, 2.05) is 23.1 Å². The lowest BCUT2D eigenvalue weighted by Crippen LogP contribution is -2.49. The van der Waals surface area contributed by atoms with E-state index in [9.17, 15) is 4.79 Å². The number of carbonyl (C=O) groups is 1. The number of hydrogen-bond acceptors (Lipinski definition) is 5. The topological polar surface area (TPSA) is 49.3 Å². The number of amides is 1. The molecule has 1 aliphatic heterocycles. The Morgan fingerprint density at radius 2 is 1.88 bits per heavy atom. The number of benzene rings is 1. The molecule has 1 fully saturated rings. The fourth-order valence-corrected chi connectivity index (χ4v) is 4.28. The lowest BCUT2D eigenvalue weighted by atomic mass is 10.1. The maximum absolute atomic E-state index is 12.5. The van der Waals surface area contributed by atoms with Crippen LogP contribution < -0.4 is 4.90 Å². The lowest BCUT2D eigenvalue weighted by molar-refractivity contribution is -0.131. The molecule has 134 valence electrons. The Bertz CT molecular complexity index is 901. The van der Waals surface area contributed by atoms with Crippen LogP contribution in [0.15, 0.2) is 42.7 Å². The van der Waals surface area contributed by atoms with Gasteiger partial charge in [0.05, 0.1) is 5.39 Å². The summed E-state index contributed by atoms with van der Waals surface area (Å²) in [6, 6.07) is 12.4. The van der Waals surface area contributed by atoms with Crippen LogP contribution in [0.2, 0.25) is 0 Å². The van der Waals surface area contributed by atoms with Crippen molar-refractivity contribution in [2.24, 2.45) is 0 Å². The second kappa shape index (κ2) is 7.41. The molecule has 0 N–H and O–H groups in total. The van der Waals surface area contributed by atoms with Gasteiger partial charge in [-0.15, -0.1) is 11.3 Å². The van der Waals surface area contributed by atoms with Crippen LogP contribution in [0.4, 0.5) is 5.82 Å². The molecule has 4 rings (SSSR count). The lowest BCUT2D eigenvalue weighted by Gasteiger charge is -2.35. The molecule has 0 saturated carbocycles. The van der Waals surface area contributed by atoms with Crippen molar-refractivity contribution in [1.29, 1.82) is 0 Å². The van der Waals surface area contributed by atoms with E-state index in [0.717, 1.165) is 48.6 Å². The third-order valence-corrected chi connectivity index (χ3v) is 5.79. The van der Waals surface area contributed by atoms with Gasteiger partial charge in [-0.25, -0.2) is 9.97 Å². The quantitative estimate of drug-likeness (QED) is 0.711. The van der Waals surface area contributed by atoms with Crippen LogP contribution in [0.25, 0.3) is 10.2 Å². The molecular weight excluding hydrogens is 344 g/mol. The highest BCUT2D eigenvalue weighted by molar-refractivity contribution is 7.18. The van der Waals surface area contributed by atoms with Gasteiger partial charge in [-0.1, -0.05) is 30.3 Å². The molecule has 2 aromatic heterocycles. The summed E-state index contributed by atoms with van der Waals surface area (Å²) in [7, 11) is 0. The van der Waals surface area contributed by atoms with Crippen LogP contribution in [-0.2, 0) is 11.2 Å². The van der Waals surface area contributed by atoms with Gasteiger partial charge in [0.1, 0.15) is 17.0 Å². The minimum absolute atomic E-state index is 0.243. The zero-order valence-corrected chi connectivity index (χ0v) is 15.7. The second-order valence-electron chi connectivity index (χ2n) is 6.63. The number of rotatable bonds is 4. The molecule has 6 heteroatoms. The van der Waals surface area contributed by atoms with E-state index >= 15 is 0 Å². The van der Waals surface area contributed by atoms with Crippen molar-refractivity contribution in [3.8, 4) is 0 Å². The summed E-state index contributed by atoms with van der Waals surface area (Å²) in [6.45, 7) is 5.24. The Morgan fingerprint density at radius 3 is 2.65 bits per heavy atom. The highest BCUT2D eigenvalue weighted by Gasteiger charge is 2.23. The van der Waals surface area contributed by atoms with Crippen molar-refractivity contribution in [2.45, 2.75) is 19.8 Å². The van der Waals surface area contributed by atoms with Crippen LogP contribution in [0.5, 0.6) is 0 Å². The maximum Gasteiger partial charge on any atom is 0.223 e. The molecule has 0 radical (unpaired) electrons. The summed E-state index contributed by atoms with van der Waals surface area (Å²) in [4.78, 5) is 27.9. The highest BCUT2D eigenvalue weighted by atomic mass is 32.1. The number of fused-ring (bicyclic) bond motifs is 1. The highest BCUT2D eigenvalue weighted by Crippen LogP contribution is 2.30. The van der Waals surface area contributed by atoms with Crippen LogP contribution in [0.1, 0.15) is 16.9 Å². The van der Waals surface area contributed by atoms with Gasteiger partial charge in [-0.05, 0) is 25.0 Å². The van der Waals surface area contributed by atoms with E-state index in [1.165, 1.54) is 10.4 Å². The summed E-state index contributed by atoms with van der Waals surface area (Å²) in [5, 5.41) is 1.12. The van der Waals surface area contributed by atoms with Gasteiger partial charge in [-0.2, -0.15) is 0 Å². The Hall–Kier alpha value is -2.47. The predicted molar refractivity (Wildman–Crippen MR) is 106 cm³/mol. The van der Waals surface area contributed by atoms with Crippen molar-refractivity contribution in [1.82, 2.24) is 14.9 Å². The molecule has 26 heavy (non-hydrogen) atoms. The smallest absolute Gasteiger partial charge is 0.223 e. The normalized spacial score (nSPS) is 14.8. The van der Waals surface area contributed by atoms with E-state index in [2.05, 4.69) is 40.0 Å². The zero-order valence-electron chi connectivity index (χ0n) is 14.9. The minimum atomic E-state index is 0.243. The third kappa shape index (κ3) is 3.55. The SMILES string of the molecule is Cc1cc2c(N3CCN(C(=O)CCc4ccccc4)CC3)ncnc2s1. The van der Waals surface area contributed by atoms with E-state index in [0.29, 0.717) is 6.42 Å². The van der Waals surface area contributed by atoms with Crippen LogP contribution >= 0.6 is 11.3 Å². The van der Waals surface area contributed by atoms with E-state index in [1.54, 1.807) is 17.7 Å². The number of thiophene rings is 1. The van der Waals surface area contributed by atoms with Crippen molar-refractivity contribution in [3.05, 3.63) is 53.2 Å². The van der Waals surface area contributed by atoms with Gasteiger partial charge >= 0.3 is 0 Å². The van der Waals surface area contributed by atoms with Gasteiger partial charge < -0.3 is 9.80 Å². The van der Waals surface area contributed by atoms with Crippen LogP contribution in [0.3, 0.4) is 0 Å². The van der Waals surface area contributed by atoms with Gasteiger partial charge in [0.15, 0.2) is 0 Å². The van der Waals surface area contributed by atoms with E-state index < -0.39 is 0 Å². The molecule has 3 heterocycles. The first-order valence-electron chi connectivity index (χ1n) is 8.98. The molecule has 1 aromatic carbocycles. The summed E-state index contributed by atoms with van der Waals surface area (Å²) >= 11 is 1.70. The molecule has 0 aliphatic carbocycles. The fourth-order valence-electron chi connectivity index (χ4n) is 3.44. The predicted octanol–water partition coefficient (Wildman–Crippen LogP) is 3.28. The average molecular weight is 366 g/mol. The molecule has 0 unspecified atom stereocenters. The summed E-state index contributed by atoms with van der Waals surface area (Å²) in [5.74, 6) is 1.24. The Balaban J connectivity index is 1.37. The number of anilines is 1. The standard InChI is InChI=1S/C20H22N4OS/c1-15-13-17-19(21-14-22-20(17)26-15)24-11-9-23(10-12-24)18(25)8-7-16-5-3-2-4-6-16/h2-6,13-14H,7-12H2,1H3. The number of piperazine rings is 1. The fraction of sp³-hybridized carbons (Fsp3) is 0.350. The molecule has 0 bridgehead atoms. The molecule has 3 aromatic rings. The number of aryl methyl sites for hydroxylation is 2. The van der Waals surface area contributed by atoms with Crippen molar-refractivity contribution in [3.63, 3.8) is 0 Å². The number of carbonyl (C=O) groups excluding carboxylic acids is 1. The third-order valence-electron chi connectivity index (χ3n) is 4.83. The van der Waals surface area contributed by atoms with Crippen molar-refractivity contribution < 1.29 is 4.79 Å². The Kier molecular flexibility index (Phi) is 4.84. The van der Waals surface area contributed by atoms with Gasteiger partial charge in [-0.3, -0.25) is 4.79 Å². The van der Waals surface area contributed by atoms with Gasteiger partial charge in [0.2, 0.25) is 5.91 Å². The molecular formula is C20H22N4OS. The molecule has 0 atom stereocenters. The molecule has 1 saturated heterocycles. The maximum atomic E-state index is 12.5. The average Bonchev–Trinajstić information content (AvgIpc) is 3.07. The van der Waals surface area contributed by atoms with Gasteiger partial charge in [0, 0.05) is 37.5 Å². The molecule has 5 nitrogen and oxygen atoms in total. The second-order valence-corrected chi connectivity index (χ2v) is 7.86. The zero-order chi connectivity index (χ0) is 17.9. The van der Waals surface area contributed by atoms with Crippen LogP contribution in [0, 0.1) is 6.92 Å². The Morgan fingerprint density at radius 1 is 1.12 bits per heavy atom. The van der Waals surface area contributed by atoms with E-state index in [-0.39, 0.29) is 5.91 Å². The summed E-state index contributed by atoms with van der Waals surface area (Å²) in [5.41, 5.74) is 1.22. The molecule has 1 aliphatic rings. The first-order chi connectivity index (χ1) is 12.7. The summed E-state index contributed by atoms with van der Waals surface area (Å²) < 4.78 is 0. The number of hydrogen-bond donors (Lipinski definition) is 0. The van der Waals surface area contributed by atoms with Crippen LogP contribution in [-0.4, -0.2) is 47.0 Å². The monoisotopic (exact) mass is 366 g/mol. The molecule has 0 spiro atoms. The number of aromatic nitrogens is 2. The van der Waals surface area contributed by atoms with Crippen molar-refractivity contribution in [2.75, 3.05) is 31.1 Å². The number of nitrogens with zero attached hydrogens (tertiary/aromatic N) is 4. The van der Waals surface area contributed by atoms with E-state index in [4.69, 9.17) is 0 Å². The summed E-state index contributed by atoms with van der Waals surface area (Å²) in [6.07, 6.45) is 3.02. The largest absolute Gasteiger partial charge is 0.352 e.